The molecule has 0 aromatic carbocycles. The second-order valence-electron chi connectivity index (χ2n) is 1.90. The molecule has 1 aromatic heterocycles. The number of aromatic carboxylic acids is 1. The number of pyridine rings is 1. The van der Waals surface area contributed by atoms with Crippen LogP contribution in [0.2, 0.25) is 0 Å². The van der Waals surface area contributed by atoms with Crippen molar-refractivity contribution in [3.8, 4) is 0 Å². The van der Waals surface area contributed by atoms with E-state index in [1.165, 1.54) is 6.20 Å². The zero-order valence-electron chi connectivity index (χ0n) is 5.41. The molecule has 11 heavy (non-hydrogen) atoms. The van der Waals surface area contributed by atoms with Crippen molar-refractivity contribution in [2.24, 2.45) is 0 Å². The van der Waals surface area contributed by atoms with E-state index in [0.717, 1.165) is 3.57 Å². The van der Waals surface area contributed by atoms with Gasteiger partial charge in [-0.15, -0.1) is 0 Å². The maximum absolute atomic E-state index is 10.4. The number of rotatable bonds is 1. The normalized spacial score (nSPS) is 9.55. The van der Waals surface area contributed by atoms with Crippen LogP contribution in [0.5, 0.6) is 0 Å². The number of anilines is 1. The first-order valence-electron chi connectivity index (χ1n) is 2.75. The molecule has 0 radical (unpaired) electrons. The molecule has 4 nitrogen and oxygen atoms in total. The molecule has 0 aliphatic rings. The van der Waals surface area contributed by atoms with Crippen molar-refractivity contribution in [1.29, 1.82) is 0 Å². The number of carbonyl (C=O) groups is 1. The van der Waals surface area contributed by atoms with Crippen molar-refractivity contribution in [2.45, 2.75) is 0 Å². The monoisotopic (exact) mass is 264 g/mol. The number of hydrogen-bond donors (Lipinski definition) is 2. The molecule has 58 valence electrons. The van der Waals surface area contributed by atoms with Crippen molar-refractivity contribution < 1.29 is 9.90 Å². The predicted molar refractivity (Wildman–Crippen MR) is 48.3 cm³/mol. The standard InChI is InChI=1S/C6H5IN2O2/c7-3-1-4(8)5(6(10)11)9-2-3/h1-2H,8H2,(H,10,11). The van der Waals surface area contributed by atoms with Gasteiger partial charge in [0, 0.05) is 9.77 Å². The van der Waals surface area contributed by atoms with Gasteiger partial charge in [0.05, 0.1) is 5.69 Å². The molecule has 1 aromatic rings. The molecule has 0 spiro atoms. The van der Waals surface area contributed by atoms with Gasteiger partial charge >= 0.3 is 5.97 Å². The molecule has 1 rings (SSSR count). The summed E-state index contributed by atoms with van der Waals surface area (Å²) in [5.41, 5.74) is 5.48. The number of nitrogen functional groups attached to an aromatic ring is 1. The van der Waals surface area contributed by atoms with Crippen LogP contribution in [-0.4, -0.2) is 16.1 Å². The Balaban J connectivity index is 3.20. The summed E-state index contributed by atoms with van der Waals surface area (Å²) in [5, 5.41) is 8.51. The lowest BCUT2D eigenvalue weighted by atomic mass is 10.3. The van der Waals surface area contributed by atoms with Crippen LogP contribution in [0.1, 0.15) is 10.5 Å². The fourth-order valence-electron chi connectivity index (χ4n) is 0.634. The molecule has 0 bridgehead atoms. The Hall–Kier alpha value is -0.850. The average molecular weight is 264 g/mol. The van der Waals surface area contributed by atoms with Crippen LogP contribution in [-0.2, 0) is 0 Å². The van der Waals surface area contributed by atoms with Crippen LogP contribution in [0.3, 0.4) is 0 Å². The maximum Gasteiger partial charge on any atom is 0.356 e. The van der Waals surface area contributed by atoms with Crippen molar-refractivity contribution in [1.82, 2.24) is 4.98 Å². The number of carboxylic acids is 1. The van der Waals surface area contributed by atoms with Gasteiger partial charge in [0.1, 0.15) is 0 Å². The first-order chi connectivity index (χ1) is 5.11. The molecule has 0 saturated heterocycles. The lowest BCUT2D eigenvalue weighted by Gasteiger charge is -1.98. The fraction of sp³-hybridized carbons (Fsp3) is 0. The molecular formula is C6H5IN2O2. The number of hydrogen-bond acceptors (Lipinski definition) is 3. The van der Waals surface area contributed by atoms with Crippen LogP contribution < -0.4 is 5.73 Å². The Morgan fingerprint density at radius 1 is 1.73 bits per heavy atom. The van der Waals surface area contributed by atoms with Gasteiger partial charge in [-0.2, -0.15) is 0 Å². The van der Waals surface area contributed by atoms with Crippen molar-refractivity contribution in [2.75, 3.05) is 5.73 Å². The van der Waals surface area contributed by atoms with Crippen LogP contribution in [0, 0.1) is 3.57 Å². The fourth-order valence-corrected chi connectivity index (χ4v) is 1.11. The molecule has 0 fully saturated rings. The Morgan fingerprint density at radius 2 is 2.36 bits per heavy atom. The van der Waals surface area contributed by atoms with Crippen molar-refractivity contribution in [3.63, 3.8) is 0 Å². The van der Waals surface area contributed by atoms with Crippen LogP contribution in [0.4, 0.5) is 5.69 Å². The van der Waals surface area contributed by atoms with Gasteiger partial charge in [-0.05, 0) is 28.7 Å². The molecule has 0 unspecified atom stereocenters. The minimum Gasteiger partial charge on any atom is -0.476 e. The third-order valence-corrected chi connectivity index (χ3v) is 1.68. The maximum atomic E-state index is 10.4. The highest BCUT2D eigenvalue weighted by molar-refractivity contribution is 14.1. The average Bonchev–Trinajstić information content (AvgIpc) is 1.85. The number of carboxylic acid groups (broad SMARTS) is 1. The summed E-state index contributed by atoms with van der Waals surface area (Å²) in [7, 11) is 0. The predicted octanol–water partition coefficient (Wildman–Crippen LogP) is 0.967. The zero-order chi connectivity index (χ0) is 8.43. The number of nitrogens with zero attached hydrogens (tertiary/aromatic N) is 1. The lowest BCUT2D eigenvalue weighted by Crippen LogP contribution is -2.05. The summed E-state index contributed by atoms with van der Waals surface area (Å²) >= 11 is 2.01. The summed E-state index contributed by atoms with van der Waals surface area (Å²) in [6, 6.07) is 1.57. The van der Waals surface area contributed by atoms with Gasteiger partial charge in [-0.1, -0.05) is 0 Å². The van der Waals surface area contributed by atoms with E-state index in [0.29, 0.717) is 0 Å². The molecule has 1 heterocycles. The number of aromatic nitrogens is 1. The second-order valence-corrected chi connectivity index (χ2v) is 3.14. The Morgan fingerprint density at radius 3 is 2.82 bits per heavy atom. The zero-order valence-corrected chi connectivity index (χ0v) is 7.57. The van der Waals surface area contributed by atoms with E-state index in [1.54, 1.807) is 6.07 Å². The highest BCUT2D eigenvalue weighted by Crippen LogP contribution is 2.12. The van der Waals surface area contributed by atoms with E-state index in [1.807, 2.05) is 22.6 Å². The minimum absolute atomic E-state index is 0.0922. The largest absolute Gasteiger partial charge is 0.476 e. The van der Waals surface area contributed by atoms with E-state index in [2.05, 4.69) is 4.98 Å². The van der Waals surface area contributed by atoms with Gasteiger partial charge in [-0.3, -0.25) is 0 Å². The van der Waals surface area contributed by atoms with Crippen molar-refractivity contribution in [3.05, 3.63) is 21.5 Å². The summed E-state index contributed by atoms with van der Waals surface area (Å²) in [6.07, 6.45) is 1.46. The molecule has 0 saturated carbocycles. The van der Waals surface area contributed by atoms with Gasteiger partial charge in [0.2, 0.25) is 0 Å². The minimum atomic E-state index is -1.10. The van der Waals surface area contributed by atoms with E-state index in [9.17, 15) is 4.79 Å². The van der Waals surface area contributed by atoms with Gasteiger partial charge in [0.25, 0.3) is 0 Å². The van der Waals surface area contributed by atoms with E-state index >= 15 is 0 Å². The lowest BCUT2D eigenvalue weighted by molar-refractivity contribution is 0.0692. The Labute approximate surface area is 76.6 Å². The molecule has 0 atom stereocenters. The SMILES string of the molecule is Nc1cc(I)cnc1C(=O)O. The summed E-state index contributed by atoms with van der Waals surface area (Å²) in [4.78, 5) is 14.0. The smallest absolute Gasteiger partial charge is 0.356 e. The molecular weight excluding hydrogens is 259 g/mol. The third-order valence-electron chi connectivity index (χ3n) is 1.09. The second kappa shape index (κ2) is 3.04. The van der Waals surface area contributed by atoms with Gasteiger partial charge < -0.3 is 10.8 Å². The molecule has 0 aliphatic carbocycles. The third kappa shape index (κ3) is 1.79. The first kappa shape index (κ1) is 8.25. The topological polar surface area (TPSA) is 76.2 Å². The van der Waals surface area contributed by atoms with Crippen LogP contribution in [0.25, 0.3) is 0 Å². The van der Waals surface area contributed by atoms with Gasteiger partial charge in [0.15, 0.2) is 5.69 Å². The molecule has 5 heteroatoms. The van der Waals surface area contributed by atoms with E-state index in [-0.39, 0.29) is 11.4 Å². The molecule has 0 amide bonds. The summed E-state index contributed by atoms with van der Waals surface area (Å²) in [5.74, 6) is -1.10. The molecule has 3 N–H and O–H groups in total. The van der Waals surface area contributed by atoms with Gasteiger partial charge in [-0.25, -0.2) is 9.78 Å². The summed E-state index contributed by atoms with van der Waals surface area (Å²) in [6.45, 7) is 0. The molecule has 0 aliphatic heterocycles. The van der Waals surface area contributed by atoms with E-state index in [4.69, 9.17) is 10.8 Å². The number of halogens is 1. The quantitative estimate of drug-likeness (QED) is 0.741. The highest BCUT2D eigenvalue weighted by Gasteiger charge is 2.08. The van der Waals surface area contributed by atoms with Crippen LogP contribution in [0.15, 0.2) is 12.3 Å². The Kier molecular flexibility index (Phi) is 2.28. The first-order valence-corrected chi connectivity index (χ1v) is 3.83. The number of nitrogens with two attached hydrogens (primary N) is 1. The highest BCUT2D eigenvalue weighted by atomic mass is 127. The van der Waals surface area contributed by atoms with Crippen molar-refractivity contribution >= 4 is 34.2 Å². The Bertz CT molecular complexity index is 301. The van der Waals surface area contributed by atoms with Crippen LogP contribution >= 0.6 is 22.6 Å². The summed E-state index contributed by atoms with van der Waals surface area (Å²) < 4.78 is 0.824. The van der Waals surface area contributed by atoms with E-state index < -0.39 is 5.97 Å².